The van der Waals surface area contributed by atoms with E-state index in [-0.39, 0.29) is 5.54 Å². The lowest BCUT2D eigenvalue weighted by Gasteiger charge is -2.23. The molecule has 0 aliphatic heterocycles. The average molecular weight is 342 g/mol. The van der Waals surface area contributed by atoms with Gasteiger partial charge >= 0.3 is 0 Å². The van der Waals surface area contributed by atoms with Crippen LogP contribution < -0.4 is 16.0 Å². The van der Waals surface area contributed by atoms with Gasteiger partial charge in [-0.15, -0.1) is 0 Å². The van der Waals surface area contributed by atoms with Gasteiger partial charge in [0, 0.05) is 35.7 Å². The molecule has 0 amide bonds. The lowest BCUT2D eigenvalue weighted by molar-refractivity contribution is 0.386. The minimum Gasteiger partial charge on any atom is -0.312 e. The Bertz CT molecular complexity index is 282. The quantitative estimate of drug-likeness (QED) is 0.668. The van der Waals surface area contributed by atoms with Crippen molar-refractivity contribution in [3.8, 4) is 0 Å². The SMILES string of the molecule is CC(C)NC(C)(C)C.CC(C)NC1CC1.CC(C)NC1CCCC1. The second-order valence-corrected chi connectivity index (χ2v) is 9.45. The molecule has 0 aromatic rings. The summed E-state index contributed by atoms with van der Waals surface area (Å²) in [7, 11) is 0. The summed E-state index contributed by atoms with van der Waals surface area (Å²) < 4.78 is 0. The van der Waals surface area contributed by atoms with Crippen LogP contribution in [-0.2, 0) is 0 Å². The molecule has 0 heterocycles. The summed E-state index contributed by atoms with van der Waals surface area (Å²) in [6.45, 7) is 19.7. The van der Waals surface area contributed by atoms with Gasteiger partial charge in [0.05, 0.1) is 0 Å². The Balaban J connectivity index is 0.000000333. The average Bonchev–Trinajstić information content (AvgIpc) is 3.00. The molecule has 0 atom stereocenters. The molecule has 0 aromatic heterocycles. The van der Waals surface area contributed by atoms with E-state index in [1.165, 1.54) is 38.5 Å². The van der Waals surface area contributed by atoms with Crippen molar-refractivity contribution in [2.24, 2.45) is 0 Å². The van der Waals surface area contributed by atoms with E-state index in [1.54, 1.807) is 0 Å². The molecule has 2 fully saturated rings. The van der Waals surface area contributed by atoms with E-state index in [4.69, 9.17) is 0 Å². The summed E-state index contributed by atoms with van der Waals surface area (Å²) in [6, 6.07) is 3.67. The van der Waals surface area contributed by atoms with Crippen LogP contribution in [0.2, 0.25) is 0 Å². The van der Waals surface area contributed by atoms with Crippen LogP contribution in [0.25, 0.3) is 0 Å². The summed E-state index contributed by atoms with van der Waals surface area (Å²) in [5, 5.41) is 10.3. The van der Waals surface area contributed by atoms with Gasteiger partial charge in [-0.25, -0.2) is 0 Å². The second kappa shape index (κ2) is 12.3. The summed E-state index contributed by atoms with van der Waals surface area (Å²) in [6.07, 6.45) is 8.47. The molecule has 0 bridgehead atoms. The zero-order chi connectivity index (χ0) is 18.8. The summed E-state index contributed by atoms with van der Waals surface area (Å²) in [5.41, 5.74) is 0.272. The highest BCUT2D eigenvalue weighted by molar-refractivity contribution is 4.81. The zero-order valence-electron chi connectivity index (χ0n) is 18.1. The third-order valence-corrected chi connectivity index (χ3v) is 3.79. The highest BCUT2D eigenvalue weighted by Crippen LogP contribution is 2.19. The van der Waals surface area contributed by atoms with Crippen LogP contribution in [0.15, 0.2) is 0 Å². The van der Waals surface area contributed by atoms with Crippen molar-refractivity contribution >= 4 is 0 Å². The van der Waals surface area contributed by atoms with E-state index < -0.39 is 0 Å². The highest BCUT2D eigenvalue weighted by Gasteiger charge is 2.20. The van der Waals surface area contributed by atoms with E-state index in [9.17, 15) is 0 Å². The molecule has 0 radical (unpaired) electrons. The van der Waals surface area contributed by atoms with Crippen LogP contribution in [-0.4, -0.2) is 35.7 Å². The second-order valence-electron chi connectivity index (χ2n) is 9.45. The van der Waals surface area contributed by atoms with Crippen molar-refractivity contribution in [3.63, 3.8) is 0 Å². The Kier molecular flexibility index (Phi) is 12.2. The lowest BCUT2D eigenvalue weighted by Crippen LogP contribution is -2.40. The number of hydrogen-bond acceptors (Lipinski definition) is 3. The van der Waals surface area contributed by atoms with Gasteiger partial charge in [0.15, 0.2) is 0 Å². The van der Waals surface area contributed by atoms with Gasteiger partial charge < -0.3 is 16.0 Å². The van der Waals surface area contributed by atoms with Gasteiger partial charge in [0.1, 0.15) is 0 Å². The predicted octanol–water partition coefficient (Wildman–Crippen LogP) is 4.86. The van der Waals surface area contributed by atoms with Crippen LogP contribution in [0.5, 0.6) is 0 Å². The summed E-state index contributed by atoms with van der Waals surface area (Å²) in [5.74, 6) is 0. The molecule has 0 saturated heterocycles. The molecule has 146 valence electrons. The fraction of sp³-hybridized carbons (Fsp3) is 1.00. The largest absolute Gasteiger partial charge is 0.312 e. The summed E-state index contributed by atoms with van der Waals surface area (Å²) >= 11 is 0. The van der Waals surface area contributed by atoms with Gasteiger partial charge in [0.2, 0.25) is 0 Å². The fourth-order valence-corrected chi connectivity index (χ4v) is 3.15. The highest BCUT2D eigenvalue weighted by atomic mass is 15.0. The normalized spacial score (nSPS) is 18.5. The third kappa shape index (κ3) is 18.2. The van der Waals surface area contributed by atoms with Crippen LogP contribution in [0, 0.1) is 0 Å². The van der Waals surface area contributed by atoms with E-state index in [1.807, 2.05) is 0 Å². The van der Waals surface area contributed by atoms with Crippen molar-refractivity contribution in [3.05, 3.63) is 0 Å². The molecule has 3 N–H and O–H groups in total. The molecule has 0 spiro atoms. The summed E-state index contributed by atoms with van der Waals surface area (Å²) in [4.78, 5) is 0. The van der Waals surface area contributed by atoms with Crippen LogP contribution in [0.4, 0.5) is 0 Å². The Morgan fingerprint density at radius 3 is 1.21 bits per heavy atom. The molecule has 0 aromatic carbocycles. The first-order chi connectivity index (χ1) is 11.0. The first-order valence-electron chi connectivity index (χ1n) is 10.3. The van der Waals surface area contributed by atoms with Crippen LogP contribution in [0.3, 0.4) is 0 Å². The number of hydrogen-bond donors (Lipinski definition) is 3. The Hall–Kier alpha value is -0.120. The van der Waals surface area contributed by atoms with E-state index in [2.05, 4.69) is 78.3 Å². The van der Waals surface area contributed by atoms with Crippen LogP contribution in [0.1, 0.15) is 101 Å². The molecule has 3 heteroatoms. The van der Waals surface area contributed by atoms with Gasteiger partial charge in [0.25, 0.3) is 0 Å². The van der Waals surface area contributed by atoms with Gasteiger partial charge in [-0.2, -0.15) is 0 Å². The van der Waals surface area contributed by atoms with Crippen LogP contribution >= 0.6 is 0 Å². The molecule has 2 rings (SSSR count). The third-order valence-electron chi connectivity index (χ3n) is 3.79. The minimum absolute atomic E-state index is 0.272. The van der Waals surface area contributed by atoms with Gasteiger partial charge in [-0.3, -0.25) is 0 Å². The maximum Gasteiger partial charge on any atom is 0.00988 e. The van der Waals surface area contributed by atoms with E-state index in [0.717, 1.165) is 12.1 Å². The Labute approximate surface area is 153 Å². The smallest absolute Gasteiger partial charge is 0.00988 e. The first-order valence-corrected chi connectivity index (χ1v) is 10.3. The minimum atomic E-state index is 0.272. The maximum absolute atomic E-state index is 3.54. The molecule has 24 heavy (non-hydrogen) atoms. The van der Waals surface area contributed by atoms with Crippen molar-refractivity contribution in [2.45, 2.75) is 137 Å². The zero-order valence-corrected chi connectivity index (χ0v) is 18.1. The molecule has 2 saturated carbocycles. The molecule has 0 unspecified atom stereocenters. The van der Waals surface area contributed by atoms with Gasteiger partial charge in [-0.1, -0.05) is 54.4 Å². The predicted molar refractivity (Wildman–Crippen MR) is 110 cm³/mol. The van der Waals surface area contributed by atoms with Crippen molar-refractivity contribution < 1.29 is 0 Å². The lowest BCUT2D eigenvalue weighted by atomic mass is 10.1. The van der Waals surface area contributed by atoms with Crippen molar-refractivity contribution in [1.82, 2.24) is 16.0 Å². The molecular weight excluding hydrogens is 294 g/mol. The standard InChI is InChI=1S/C8H17N.C7H17N.C6H13N/c1-7(2)9-8-5-3-4-6-8;1-6(2)8-7(3,4)5;1-5(2)7-6-3-4-6/h7-9H,3-6H2,1-2H3;6,8H,1-5H3;5-7H,3-4H2,1-2H3. The first kappa shape index (κ1) is 23.9. The Morgan fingerprint density at radius 1 is 0.625 bits per heavy atom. The van der Waals surface area contributed by atoms with E-state index in [0.29, 0.717) is 18.1 Å². The Morgan fingerprint density at radius 2 is 1.00 bits per heavy atom. The van der Waals surface area contributed by atoms with Crippen molar-refractivity contribution in [1.29, 1.82) is 0 Å². The fourth-order valence-electron chi connectivity index (χ4n) is 3.15. The topological polar surface area (TPSA) is 36.1 Å². The monoisotopic (exact) mass is 341 g/mol. The molecule has 2 aliphatic rings. The number of nitrogens with one attached hydrogen (secondary N) is 3. The molecule has 3 nitrogen and oxygen atoms in total. The maximum atomic E-state index is 3.54. The van der Waals surface area contributed by atoms with Gasteiger partial charge in [-0.05, 0) is 46.5 Å². The number of rotatable bonds is 5. The molecular formula is C21H47N3. The van der Waals surface area contributed by atoms with E-state index >= 15 is 0 Å². The molecule has 2 aliphatic carbocycles. The van der Waals surface area contributed by atoms with Crippen molar-refractivity contribution in [2.75, 3.05) is 0 Å².